The van der Waals surface area contributed by atoms with E-state index in [0.29, 0.717) is 5.17 Å². The van der Waals surface area contributed by atoms with Gasteiger partial charge < -0.3 is 15.0 Å². The number of rotatable bonds is 7. The third kappa shape index (κ3) is 7.03. The van der Waals surface area contributed by atoms with Crippen LogP contribution >= 0.6 is 11.8 Å². The van der Waals surface area contributed by atoms with E-state index in [4.69, 9.17) is 4.74 Å². The van der Waals surface area contributed by atoms with Gasteiger partial charge >= 0.3 is 6.09 Å². The van der Waals surface area contributed by atoms with E-state index in [2.05, 4.69) is 24.2 Å². The van der Waals surface area contributed by atoms with E-state index in [1.54, 1.807) is 20.8 Å². The number of alkyl carbamates (subject to hydrolysis) is 1. The molecule has 0 spiro atoms. The molecular formula is C29H37N3O5S2. The molecule has 39 heavy (non-hydrogen) atoms. The molecule has 1 N–H and O–H groups in total. The van der Waals surface area contributed by atoms with Crippen molar-refractivity contribution in [1.82, 2.24) is 5.32 Å². The maximum absolute atomic E-state index is 13.7. The normalized spacial score (nSPS) is 22.0. The molecule has 2 saturated heterocycles. The summed E-state index contributed by atoms with van der Waals surface area (Å²) in [4.78, 5) is 32.9. The van der Waals surface area contributed by atoms with Crippen molar-refractivity contribution in [2.75, 3.05) is 16.4 Å². The summed E-state index contributed by atoms with van der Waals surface area (Å²) in [6, 6.07) is 14.2. The Bertz CT molecular complexity index is 1330. The van der Waals surface area contributed by atoms with Gasteiger partial charge in [-0.3, -0.25) is 4.79 Å². The van der Waals surface area contributed by atoms with Crippen molar-refractivity contribution >= 4 is 44.5 Å². The number of hydrogen-bond donors (Lipinski definition) is 1. The summed E-state index contributed by atoms with van der Waals surface area (Å²) in [5, 5.41) is 2.97. The molecule has 2 aromatic carbocycles. The Morgan fingerprint density at radius 1 is 1.05 bits per heavy atom. The highest BCUT2D eigenvalue weighted by molar-refractivity contribution is 8.16. The van der Waals surface area contributed by atoms with Crippen LogP contribution in [0.15, 0.2) is 53.5 Å². The number of benzene rings is 2. The number of para-hydroxylation sites is 1. The largest absolute Gasteiger partial charge is 0.444 e. The molecule has 3 atom stereocenters. The lowest BCUT2D eigenvalue weighted by Gasteiger charge is -2.29. The number of carbonyl (C=O) groups is 2. The van der Waals surface area contributed by atoms with Gasteiger partial charge in [-0.05, 0) is 50.3 Å². The number of aliphatic imine (C=N–C) groups is 1. The topological polar surface area (TPSA) is 105 Å². The number of hydrogen-bond acceptors (Lipinski definition) is 6. The Hall–Kier alpha value is -2.85. The molecule has 8 nitrogen and oxygen atoms in total. The number of sulfone groups is 1. The third-order valence-corrected chi connectivity index (χ3v) is 9.96. The van der Waals surface area contributed by atoms with E-state index in [1.807, 2.05) is 53.4 Å². The number of carbonyl (C=O) groups excluding carboxylic acids is 2. The molecule has 2 aromatic rings. The summed E-state index contributed by atoms with van der Waals surface area (Å²) in [6.45, 7) is 9.41. The predicted molar refractivity (Wildman–Crippen MR) is 157 cm³/mol. The minimum absolute atomic E-state index is 0.0166. The first-order valence-electron chi connectivity index (χ1n) is 13.3. The van der Waals surface area contributed by atoms with Crippen LogP contribution in [0.1, 0.15) is 51.3 Å². The van der Waals surface area contributed by atoms with Gasteiger partial charge in [-0.25, -0.2) is 13.2 Å². The van der Waals surface area contributed by atoms with Gasteiger partial charge in [-0.2, -0.15) is 4.99 Å². The molecule has 0 radical (unpaired) electrons. The first-order chi connectivity index (χ1) is 18.4. The Balaban J connectivity index is 1.73. The molecule has 0 saturated carbocycles. The summed E-state index contributed by atoms with van der Waals surface area (Å²) in [5.41, 5.74) is 3.24. The highest BCUT2D eigenvalue weighted by Crippen LogP contribution is 2.43. The average molecular weight is 572 g/mol. The lowest BCUT2D eigenvalue weighted by Crippen LogP contribution is -2.45. The maximum Gasteiger partial charge on any atom is 0.408 e. The summed E-state index contributed by atoms with van der Waals surface area (Å²) < 4.78 is 30.6. The molecule has 0 aromatic heterocycles. The lowest BCUT2D eigenvalue weighted by molar-refractivity contribution is -0.119. The van der Waals surface area contributed by atoms with Crippen LogP contribution in [-0.2, 0) is 38.6 Å². The van der Waals surface area contributed by atoms with Gasteiger partial charge in [0.1, 0.15) is 11.6 Å². The number of ether oxygens (including phenoxy) is 1. The number of nitrogens with one attached hydrogen (secondary N) is 1. The zero-order valence-electron chi connectivity index (χ0n) is 23.1. The molecular weight excluding hydrogens is 534 g/mol. The highest BCUT2D eigenvalue weighted by Gasteiger charge is 2.50. The smallest absolute Gasteiger partial charge is 0.408 e. The molecule has 2 amide bonds. The van der Waals surface area contributed by atoms with Crippen LogP contribution in [-0.4, -0.2) is 60.0 Å². The van der Waals surface area contributed by atoms with Crippen molar-refractivity contribution in [2.24, 2.45) is 4.99 Å². The average Bonchev–Trinajstić information content (AvgIpc) is 3.32. The first kappa shape index (κ1) is 29.1. The molecule has 2 aliphatic rings. The van der Waals surface area contributed by atoms with Crippen molar-refractivity contribution in [1.29, 1.82) is 0 Å². The Morgan fingerprint density at radius 2 is 1.69 bits per heavy atom. The molecule has 10 heteroatoms. The Kier molecular flexibility index (Phi) is 8.75. The van der Waals surface area contributed by atoms with Crippen molar-refractivity contribution in [2.45, 2.75) is 76.8 Å². The van der Waals surface area contributed by atoms with Gasteiger partial charge in [0.2, 0.25) is 0 Å². The highest BCUT2D eigenvalue weighted by atomic mass is 32.2. The van der Waals surface area contributed by atoms with Gasteiger partial charge in [-0.1, -0.05) is 74.1 Å². The van der Waals surface area contributed by atoms with Crippen molar-refractivity contribution in [3.05, 3.63) is 65.2 Å². The van der Waals surface area contributed by atoms with Crippen LogP contribution in [0.25, 0.3) is 0 Å². The van der Waals surface area contributed by atoms with E-state index in [-0.39, 0.29) is 29.2 Å². The molecule has 0 bridgehead atoms. The Morgan fingerprint density at radius 3 is 2.28 bits per heavy atom. The van der Waals surface area contributed by atoms with Gasteiger partial charge in [0.25, 0.3) is 5.91 Å². The summed E-state index contributed by atoms with van der Waals surface area (Å²) in [5.74, 6) is -0.444. The van der Waals surface area contributed by atoms with Crippen LogP contribution in [0, 0.1) is 0 Å². The number of thioether (sulfide) groups is 1. The molecule has 0 unspecified atom stereocenters. The number of aryl methyl sites for hydroxylation is 2. The van der Waals surface area contributed by atoms with Crippen LogP contribution in [0.5, 0.6) is 0 Å². The molecule has 210 valence electrons. The fourth-order valence-electron chi connectivity index (χ4n) is 5.02. The number of anilines is 1. The second kappa shape index (κ2) is 11.7. The first-order valence-corrected chi connectivity index (χ1v) is 16.0. The molecule has 2 heterocycles. The summed E-state index contributed by atoms with van der Waals surface area (Å²) >= 11 is 1.34. The third-order valence-electron chi connectivity index (χ3n) is 6.75. The maximum atomic E-state index is 13.7. The van der Waals surface area contributed by atoms with Gasteiger partial charge in [-0.15, -0.1) is 0 Å². The van der Waals surface area contributed by atoms with Crippen LogP contribution in [0.2, 0.25) is 0 Å². The molecule has 2 fully saturated rings. The second-order valence-electron chi connectivity index (χ2n) is 10.9. The van der Waals surface area contributed by atoms with E-state index >= 15 is 0 Å². The SMILES string of the molecule is CCc1cccc(CC)c1N1C(=NC(=O)[C@H](Cc2ccccc2)NC(=O)OC(C)(C)C)S[C@H]2CS(=O)(=O)C[C@@H]21. The predicted octanol–water partition coefficient (Wildman–Crippen LogP) is 4.55. The summed E-state index contributed by atoms with van der Waals surface area (Å²) in [6.07, 6.45) is 1.06. The van der Waals surface area contributed by atoms with Crippen LogP contribution < -0.4 is 10.2 Å². The monoisotopic (exact) mass is 571 g/mol. The second-order valence-corrected chi connectivity index (χ2v) is 14.3. The van der Waals surface area contributed by atoms with Gasteiger partial charge in [0, 0.05) is 17.4 Å². The minimum Gasteiger partial charge on any atom is -0.444 e. The number of amides is 2. The van der Waals surface area contributed by atoms with Crippen LogP contribution in [0.4, 0.5) is 10.5 Å². The molecule has 0 aliphatic carbocycles. The van der Waals surface area contributed by atoms with E-state index in [9.17, 15) is 18.0 Å². The lowest BCUT2D eigenvalue weighted by atomic mass is 10.0. The zero-order valence-corrected chi connectivity index (χ0v) is 24.8. The van der Waals surface area contributed by atoms with Crippen molar-refractivity contribution in [3.8, 4) is 0 Å². The molecule has 2 aliphatic heterocycles. The fourth-order valence-corrected chi connectivity index (χ4v) is 8.93. The quantitative estimate of drug-likeness (QED) is 0.520. The van der Waals surface area contributed by atoms with Crippen molar-refractivity contribution in [3.63, 3.8) is 0 Å². The standard InChI is InChI=1S/C29H37N3O5S2/c1-6-20-14-11-15-21(7-2)25(20)32-23-17-39(35,36)18-24(23)38-27(32)31-26(33)22(16-19-12-9-8-10-13-19)30-28(34)37-29(3,4)5/h8-15,22-24H,6-7,16-18H2,1-5H3,(H,30,34)/t22-,23-,24-/m0/s1. The Labute approximate surface area is 235 Å². The number of nitrogens with zero attached hydrogens (tertiary/aromatic N) is 2. The van der Waals surface area contributed by atoms with E-state index in [1.165, 1.54) is 11.8 Å². The summed E-state index contributed by atoms with van der Waals surface area (Å²) in [7, 11) is -3.20. The van der Waals surface area contributed by atoms with Gasteiger partial charge in [0.05, 0.1) is 17.5 Å². The van der Waals surface area contributed by atoms with Crippen molar-refractivity contribution < 1.29 is 22.7 Å². The zero-order chi connectivity index (χ0) is 28.4. The minimum atomic E-state index is -3.20. The van der Waals surface area contributed by atoms with E-state index < -0.39 is 33.5 Å². The van der Waals surface area contributed by atoms with E-state index in [0.717, 1.165) is 35.2 Å². The number of amidine groups is 1. The fraction of sp³-hybridized carbons (Fsp3) is 0.483. The molecule has 4 rings (SSSR count). The van der Waals surface area contributed by atoms with Crippen LogP contribution in [0.3, 0.4) is 0 Å². The number of fused-ring (bicyclic) bond motifs is 1. The van der Waals surface area contributed by atoms with Gasteiger partial charge in [0.15, 0.2) is 15.0 Å².